The maximum Gasteiger partial charge on any atom is 0.316 e. The number of esters is 1. The molecule has 3 nitrogen and oxygen atoms in total. The van der Waals surface area contributed by atoms with Crippen LogP contribution < -0.4 is 0 Å². The Morgan fingerprint density at radius 2 is 1.68 bits per heavy atom. The zero-order valence-electron chi connectivity index (χ0n) is 12.1. The number of methoxy groups -OCH3 is 1. The third-order valence-electron chi connectivity index (χ3n) is 3.59. The molecule has 104 valence electrons. The van der Waals surface area contributed by atoms with Crippen molar-refractivity contribution in [3.05, 3.63) is 35.4 Å². The Hall–Kier alpha value is -1.64. The Labute approximate surface area is 115 Å². The Balaban J connectivity index is 2.91. The predicted octanol–water partition coefficient (Wildman–Crippen LogP) is 3.58. The van der Waals surface area contributed by atoms with Crippen LogP contribution in [0.3, 0.4) is 0 Å². The first-order valence-electron chi connectivity index (χ1n) is 6.77. The van der Waals surface area contributed by atoms with Crippen LogP contribution in [0.2, 0.25) is 0 Å². The summed E-state index contributed by atoms with van der Waals surface area (Å²) in [7, 11) is 1.31. The van der Waals surface area contributed by atoms with Gasteiger partial charge in [0.2, 0.25) is 0 Å². The molecule has 1 aromatic carbocycles. The Morgan fingerprint density at radius 3 is 2.11 bits per heavy atom. The van der Waals surface area contributed by atoms with Crippen LogP contribution in [0.4, 0.5) is 0 Å². The molecule has 0 amide bonds. The third kappa shape index (κ3) is 3.66. The van der Waals surface area contributed by atoms with Crippen molar-refractivity contribution >= 4 is 11.8 Å². The average Bonchev–Trinajstić information content (AvgIpc) is 2.46. The van der Waals surface area contributed by atoms with Gasteiger partial charge in [-0.25, -0.2) is 0 Å². The van der Waals surface area contributed by atoms with Gasteiger partial charge in [0.05, 0.1) is 7.11 Å². The van der Waals surface area contributed by atoms with Crippen molar-refractivity contribution in [1.29, 1.82) is 0 Å². The summed E-state index contributed by atoms with van der Waals surface area (Å²) in [5, 5.41) is 0. The molecule has 1 rings (SSSR count). The maximum atomic E-state index is 12.2. The maximum absolute atomic E-state index is 12.2. The fourth-order valence-electron chi connectivity index (χ4n) is 2.01. The van der Waals surface area contributed by atoms with Crippen LogP contribution in [0, 0.1) is 5.92 Å². The van der Waals surface area contributed by atoms with E-state index < -0.39 is 11.9 Å². The van der Waals surface area contributed by atoms with Crippen LogP contribution in [-0.4, -0.2) is 18.9 Å². The summed E-state index contributed by atoms with van der Waals surface area (Å²) in [5.74, 6) is -0.838. The summed E-state index contributed by atoms with van der Waals surface area (Å²) >= 11 is 0. The van der Waals surface area contributed by atoms with Crippen LogP contribution in [0.15, 0.2) is 24.3 Å². The molecule has 2 unspecified atom stereocenters. The molecule has 0 N–H and O–H groups in total. The van der Waals surface area contributed by atoms with Crippen LogP contribution >= 0.6 is 0 Å². The highest BCUT2D eigenvalue weighted by Gasteiger charge is 2.26. The Morgan fingerprint density at radius 1 is 1.11 bits per heavy atom. The SMILES string of the molecule is CCC(C(=O)OC)C(=O)c1ccc(C(C)CC)cc1. The van der Waals surface area contributed by atoms with E-state index in [2.05, 4.69) is 18.6 Å². The van der Waals surface area contributed by atoms with Crippen LogP contribution in [0.1, 0.15) is 55.5 Å². The van der Waals surface area contributed by atoms with Gasteiger partial charge >= 0.3 is 5.97 Å². The van der Waals surface area contributed by atoms with E-state index in [1.54, 1.807) is 12.1 Å². The summed E-state index contributed by atoms with van der Waals surface area (Å²) < 4.78 is 4.67. The number of carbonyl (C=O) groups is 2. The van der Waals surface area contributed by atoms with Gasteiger partial charge < -0.3 is 4.74 Å². The van der Waals surface area contributed by atoms with Gasteiger partial charge in [-0.05, 0) is 24.3 Å². The van der Waals surface area contributed by atoms with Crippen LogP contribution in [0.25, 0.3) is 0 Å². The standard InChI is InChI=1S/C16H22O3/c1-5-11(3)12-7-9-13(10-8-12)15(17)14(6-2)16(18)19-4/h7-11,14H,5-6H2,1-4H3. The summed E-state index contributed by atoms with van der Waals surface area (Å²) in [6, 6.07) is 7.53. The van der Waals surface area contributed by atoms with Gasteiger partial charge in [0.15, 0.2) is 5.78 Å². The second kappa shape index (κ2) is 7.07. The monoisotopic (exact) mass is 262 g/mol. The first-order chi connectivity index (χ1) is 9.04. The zero-order valence-corrected chi connectivity index (χ0v) is 12.1. The van der Waals surface area contributed by atoms with E-state index in [9.17, 15) is 9.59 Å². The minimum absolute atomic E-state index is 0.162. The van der Waals surface area contributed by atoms with E-state index in [1.165, 1.54) is 12.7 Å². The highest BCUT2D eigenvalue weighted by atomic mass is 16.5. The Bertz CT molecular complexity index is 434. The minimum Gasteiger partial charge on any atom is -0.468 e. The third-order valence-corrected chi connectivity index (χ3v) is 3.59. The van der Waals surface area contributed by atoms with Crippen LogP contribution in [0.5, 0.6) is 0 Å². The summed E-state index contributed by atoms with van der Waals surface area (Å²) in [6.07, 6.45) is 1.52. The van der Waals surface area contributed by atoms with Crippen molar-refractivity contribution in [3.63, 3.8) is 0 Å². The lowest BCUT2D eigenvalue weighted by atomic mass is 9.92. The zero-order chi connectivity index (χ0) is 14.4. The van der Waals surface area contributed by atoms with Gasteiger partial charge in [0.25, 0.3) is 0 Å². The van der Waals surface area contributed by atoms with E-state index >= 15 is 0 Å². The smallest absolute Gasteiger partial charge is 0.316 e. The first kappa shape index (κ1) is 15.4. The van der Waals surface area contributed by atoms with E-state index in [1.807, 2.05) is 19.1 Å². The van der Waals surface area contributed by atoms with E-state index in [4.69, 9.17) is 0 Å². The van der Waals surface area contributed by atoms with Gasteiger partial charge in [0.1, 0.15) is 5.92 Å². The molecule has 0 radical (unpaired) electrons. The predicted molar refractivity (Wildman–Crippen MR) is 75.3 cm³/mol. The second-order valence-corrected chi connectivity index (χ2v) is 4.78. The van der Waals surface area contributed by atoms with Gasteiger partial charge in [0, 0.05) is 5.56 Å². The van der Waals surface area contributed by atoms with Crippen molar-refractivity contribution in [2.24, 2.45) is 5.92 Å². The lowest BCUT2D eigenvalue weighted by Gasteiger charge is -2.13. The van der Waals surface area contributed by atoms with Gasteiger partial charge in [-0.1, -0.05) is 45.0 Å². The molecule has 0 aliphatic rings. The molecule has 0 saturated heterocycles. The normalized spacial score (nSPS) is 13.7. The molecule has 0 spiro atoms. The van der Waals surface area contributed by atoms with Gasteiger partial charge in [-0.3, -0.25) is 9.59 Å². The first-order valence-corrected chi connectivity index (χ1v) is 6.77. The molecule has 0 bridgehead atoms. The lowest BCUT2D eigenvalue weighted by Crippen LogP contribution is -2.24. The number of Topliss-reactive ketones (excluding diaryl/α,β-unsaturated/α-hetero) is 1. The fourth-order valence-corrected chi connectivity index (χ4v) is 2.01. The molecule has 0 aliphatic carbocycles. The molecule has 0 aromatic heterocycles. The summed E-state index contributed by atoms with van der Waals surface area (Å²) in [5.41, 5.74) is 1.79. The number of ether oxygens (including phenoxy) is 1. The largest absolute Gasteiger partial charge is 0.468 e. The van der Waals surface area contributed by atoms with E-state index in [0.29, 0.717) is 17.9 Å². The molecule has 1 aromatic rings. The van der Waals surface area contributed by atoms with Crippen molar-refractivity contribution in [1.82, 2.24) is 0 Å². The van der Waals surface area contributed by atoms with Crippen molar-refractivity contribution < 1.29 is 14.3 Å². The van der Waals surface area contributed by atoms with E-state index in [0.717, 1.165) is 6.42 Å². The number of benzene rings is 1. The molecule has 0 saturated carbocycles. The number of ketones is 1. The molecule has 0 aliphatic heterocycles. The van der Waals surface area contributed by atoms with Crippen molar-refractivity contribution in [2.45, 2.75) is 39.5 Å². The number of rotatable bonds is 6. The van der Waals surface area contributed by atoms with Gasteiger partial charge in [-0.2, -0.15) is 0 Å². The second-order valence-electron chi connectivity index (χ2n) is 4.78. The van der Waals surface area contributed by atoms with Crippen molar-refractivity contribution in [2.75, 3.05) is 7.11 Å². The number of hydrogen-bond acceptors (Lipinski definition) is 3. The highest BCUT2D eigenvalue weighted by molar-refractivity contribution is 6.08. The van der Waals surface area contributed by atoms with Gasteiger partial charge in [-0.15, -0.1) is 0 Å². The van der Waals surface area contributed by atoms with Crippen molar-refractivity contribution in [3.8, 4) is 0 Å². The minimum atomic E-state index is -0.695. The number of hydrogen-bond donors (Lipinski definition) is 0. The summed E-state index contributed by atoms with van der Waals surface area (Å²) in [6.45, 7) is 6.10. The highest BCUT2D eigenvalue weighted by Crippen LogP contribution is 2.21. The fraction of sp³-hybridized carbons (Fsp3) is 0.500. The Kier molecular flexibility index (Phi) is 5.74. The molecule has 19 heavy (non-hydrogen) atoms. The molecule has 3 heteroatoms. The quantitative estimate of drug-likeness (QED) is 0.447. The molecule has 2 atom stereocenters. The van der Waals surface area contributed by atoms with E-state index in [-0.39, 0.29) is 5.78 Å². The topological polar surface area (TPSA) is 43.4 Å². The molecule has 0 fully saturated rings. The summed E-state index contributed by atoms with van der Waals surface area (Å²) in [4.78, 5) is 23.8. The number of carbonyl (C=O) groups excluding carboxylic acids is 2. The lowest BCUT2D eigenvalue weighted by molar-refractivity contribution is -0.143. The average molecular weight is 262 g/mol. The molecule has 0 heterocycles. The van der Waals surface area contributed by atoms with Crippen LogP contribution in [-0.2, 0) is 9.53 Å². The molecular weight excluding hydrogens is 240 g/mol. The molecular formula is C16H22O3.